The third-order valence-corrected chi connectivity index (χ3v) is 8.77. The number of aliphatic carboxylic acids is 1. The van der Waals surface area contributed by atoms with Crippen LogP contribution in [0.2, 0.25) is 0 Å². The van der Waals surface area contributed by atoms with Crippen molar-refractivity contribution in [2.45, 2.75) is 70.0 Å². The molecule has 344 valence electrons. The van der Waals surface area contributed by atoms with Crippen LogP contribution in [0.1, 0.15) is 22.2 Å². The molecule has 23 heteroatoms. The van der Waals surface area contributed by atoms with Crippen molar-refractivity contribution in [1.29, 1.82) is 0 Å². The van der Waals surface area contributed by atoms with Crippen LogP contribution in [0.3, 0.4) is 0 Å². The van der Waals surface area contributed by atoms with Gasteiger partial charge in [-0.25, -0.2) is 4.79 Å². The van der Waals surface area contributed by atoms with E-state index in [1.54, 1.807) is 13.8 Å². The molecule has 2 saturated heterocycles. The van der Waals surface area contributed by atoms with E-state index in [1.807, 2.05) is 0 Å². The Balaban J connectivity index is -0.000000393. The smallest absolute Gasteiger partial charge is 1.00 e. The van der Waals surface area contributed by atoms with Crippen molar-refractivity contribution in [3.63, 3.8) is 0 Å². The second-order valence-electron chi connectivity index (χ2n) is 12.5. The van der Waals surface area contributed by atoms with Crippen LogP contribution in [0.5, 0.6) is 0 Å². The number of rotatable bonds is 26. The number of ether oxygens (including phenoxy) is 10. The summed E-state index contributed by atoms with van der Waals surface area (Å²) in [7, 11) is 3.88. The van der Waals surface area contributed by atoms with E-state index >= 15 is 0 Å². The zero-order valence-corrected chi connectivity index (χ0v) is 38.7. The molecule has 21 nitrogen and oxygen atoms in total. The van der Waals surface area contributed by atoms with E-state index in [-0.39, 0.29) is 68.5 Å². The second-order valence-corrected chi connectivity index (χ2v) is 13.9. The van der Waals surface area contributed by atoms with Gasteiger partial charge in [0.2, 0.25) is 5.91 Å². The molecule has 2 fully saturated rings. The largest absolute Gasteiger partial charge is 1.00 e. The van der Waals surface area contributed by atoms with Crippen LogP contribution in [0.4, 0.5) is 0 Å². The monoisotopic (exact) mass is 878 g/mol. The van der Waals surface area contributed by atoms with Gasteiger partial charge in [0.25, 0.3) is 0 Å². The molecule has 11 atom stereocenters. The van der Waals surface area contributed by atoms with Crippen LogP contribution in [-0.2, 0) is 57.0 Å². The molecular formula is C35H76N4NaO17P. The molecule has 5 unspecified atom stereocenters. The van der Waals surface area contributed by atoms with E-state index < -0.39 is 61.8 Å². The fourth-order valence-corrected chi connectivity index (χ4v) is 4.65. The number of carboxylic acid groups (broad SMARTS) is 1. The maximum Gasteiger partial charge on any atom is 1.00 e. The fraction of sp³-hybridized carbons (Fsp3) is 0.943. The molecule has 0 aromatic carbocycles. The number of carbonyl (C=O) groups is 2. The van der Waals surface area contributed by atoms with Crippen LogP contribution >= 0.6 is 8.58 Å². The maximum absolute atomic E-state index is 11.7. The molecule has 0 aromatic heterocycles. The number of nitrogens with one attached hydrogen (secondary N) is 1. The van der Waals surface area contributed by atoms with Gasteiger partial charge in [0, 0.05) is 52.2 Å². The van der Waals surface area contributed by atoms with Gasteiger partial charge in [0.15, 0.2) is 12.6 Å². The molecule has 58 heavy (non-hydrogen) atoms. The normalized spacial score (nSPS) is 26.6. The van der Waals surface area contributed by atoms with E-state index in [0.29, 0.717) is 79.0 Å². The first-order valence-corrected chi connectivity index (χ1v) is 20.8. The summed E-state index contributed by atoms with van der Waals surface area (Å²) in [6.07, 6.45) is -5.72. The fourth-order valence-electron chi connectivity index (χ4n) is 4.65. The molecule has 12 N–H and O–H groups in total. The first-order valence-electron chi connectivity index (χ1n) is 19.1. The second kappa shape index (κ2) is 42.0. The summed E-state index contributed by atoms with van der Waals surface area (Å²) in [6, 6.07) is 0. The van der Waals surface area contributed by atoms with Gasteiger partial charge in [0.1, 0.15) is 25.4 Å². The van der Waals surface area contributed by atoms with Crippen molar-refractivity contribution < 1.29 is 113 Å². The number of hydrogen-bond donors (Lipinski definition) is 9. The SMILES string of the molecule is CCPC.CO[C@@H]1OC(COCC(=O)NCCOCCOCCN)[C@@H](C)[C@H](O)C1O.CO[C@@H]1OC(COCC(=O)O)[C@@H](C)[C@H](O)C1O.NCCOCCOCCN.[H-].[Na+]. The van der Waals surface area contributed by atoms with Gasteiger partial charge >= 0.3 is 35.5 Å². The Labute approximate surface area is 369 Å². The number of aliphatic hydroxyl groups excluding tert-OH is 4. The number of carbonyl (C=O) groups excluding carboxylic acids is 1. The van der Waals surface area contributed by atoms with Gasteiger partial charge in [-0.1, -0.05) is 20.8 Å². The topological polar surface area (TPSA) is 318 Å². The van der Waals surface area contributed by atoms with Gasteiger partial charge < -0.3 is 96.8 Å². The van der Waals surface area contributed by atoms with E-state index in [4.69, 9.17) is 69.7 Å². The third kappa shape index (κ3) is 30.7. The van der Waals surface area contributed by atoms with Crippen LogP contribution in [0.25, 0.3) is 0 Å². The van der Waals surface area contributed by atoms with Crippen molar-refractivity contribution in [3.8, 4) is 0 Å². The molecule has 2 aliphatic rings. The minimum absolute atomic E-state index is 0. The predicted molar refractivity (Wildman–Crippen MR) is 212 cm³/mol. The summed E-state index contributed by atoms with van der Waals surface area (Å²) in [6.45, 7) is 13.6. The summed E-state index contributed by atoms with van der Waals surface area (Å²) in [5, 5.41) is 50.2. The average molecular weight is 879 g/mol. The molecule has 0 saturated carbocycles. The number of aliphatic hydroxyl groups is 4. The van der Waals surface area contributed by atoms with Crippen molar-refractivity contribution in [2.75, 3.05) is 133 Å². The molecule has 0 bridgehead atoms. The van der Waals surface area contributed by atoms with Crippen molar-refractivity contribution in [3.05, 3.63) is 0 Å². The van der Waals surface area contributed by atoms with Gasteiger partial charge in [-0.3, -0.25) is 4.79 Å². The minimum Gasteiger partial charge on any atom is -1.00 e. The van der Waals surface area contributed by atoms with Crippen LogP contribution in [0, 0.1) is 11.8 Å². The number of nitrogens with two attached hydrogens (primary N) is 3. The predicted octanol–water partition coefficient (Wildman–Crippen LogP) is -5.97. The third-order valence-electron chi connectivity index (χ3n) is 8.07. The summed E-state index contributed by atoms with van der Waals surface area (Å²) in [4.78, 5) is 22.0. The summed E-state index contributed by atoms with van der Waals surface area (Å²) in [5.74, 6) is -2.07. The average Bonchev–Trinajstić information content (AvgIpc) is 3.20. The van der Waals surface area contributed by atoms with Crippen LogP contribution in [-0.4, -0.2) is 219 Å². The zero-order valence-electron chi connectivity index (χ0n) is 36.7. The number of hydrogen-bond acceptors (Lipinski definition) is 19. The van der Waals surface area contributed by atoms with E-state index in [1.165, 1.54) is 20.4 Å². The standard InChI is InChI=1S/C16H32N2O8.C10H18O7.C6H16N2O2.C3H9P.Na.H/c1-11-12(26-16(22-2)15(21)14(11)20)9-25-10-13(19)18-4-6-24-8-7-23-5-3-17;1-5-6(3-16-4-7(11)12)17-10(15-2)9(14)8(5)13;7-1-3-9-5-6-10-4-2-8;1-3-4-2;;/h11-12,14-16,20-21H,3-10,17H2,1-2H3,(H,18,19);5-6,8-10,13-14H,3-4H2,1-2H3,(H,11,12);1-8H2;4H,3H2,1-2H3;;/q;;;;+1;-1/t11-,12?,14+,15?,16-;5-,6?,8+,9?,10-;;;;/m11..../s1. The Morgan fingerprint density at radius 1 is 0.655 bits per heavy atom. The Hall–Kier alpha value is -0.310. The molecule has 1 amide bonds. The first kappa shape index (κ1) is 62.0. The molecule has 0 spiro atoms. The molecule has 0 aliphatic carbocycles. The Morgan fingerprint density at radius 3 is 1.34 bits per heavy atom. The molecule has 0 radical (unpaired) electrons. The summed E-state index contributed by atoms with van der Waals surface area (Å²) in [5.41, 5.74) is 15.7. The molecule has 2 rings (SSSR count). The molecular weight excluding hydrogens is 802 g/mol. The van der Waals surface area contributed by atoms with Gasteiger partial charge in [-0.05, 0) is 12.8 Å². The van der Waals surface area contributed by atoms with Crippen LogP contribution < -0.4 is 52.1 Å². The van der Waals surface area contributed by atoms with Gasteiger partial charge in [0.05, 0.1) is 90.5 Å². The van der Waals surface area contributed by atoms with E-state index in [9.17, 15) is 30.0 Å². The Morgan fingerprint density at radius 2 is 1.02 bits per heavy atom. The number of carboxylic acids is 1. The van der Waals surface area contributed by atoms with Crippen molar-refractivity contribution >= 4 is 20.5 Å². The quantitative estimate of drug-likeness (QED) is 0.0222. The van der Waals surface area contributed by atoms with Crippen LogP contribution in [0.15, 0.2) is 0 Å². The Kier molecular flexibility index (Phi) is 44.9. The number of methoxy groups -OCH3 is 2. The Bertz CT molecular complexity index is 941. The minimum atomic E-state index is -1.12. The molecule has 2 heterocycles. The maximum atomic E-state index is 11.7. The number of amides is 1. The zero-order chi connectivity index (χ0) is 43.4. The first-order chi connectivity index (χ1) is 27.3. The molecule has 0 aromatic rings. The van der Waals surface area contributed by atoms with Crippen molar-refractivity contribution in [2.24, 2.45) is 29.0 Å². The summed E-state index contributed by atoms with van der Waals surface area (Å²) >= 11 is 0. The van der Waals surface area contributed by atoms with Gasteiger partial charge in [-0.2, -0.15) is 0 Å². The summed E-state index contributed by atoms with van der Waals surface area (Å²) < 4.78 is 51.5. The van der Waals surface area contributed by atoms with Crippen molar-refractivity contribution in [1.82, 2.24) is 5.32 Å². The van der Waals surface area contributed by atoms with E-state index in [2.05, 4.69) is 18.9 Å². The van der Waals surface area contributed by atoms with Gasteiger partial charge in [-0.15, -0.1) is 8.58 Å². The molecule has 2 aliphatic heterocycles. The van der Waals surface area contributed by atoms with E-state index in [0.717, 1.165) is 8.58 Å².